The van der Waals surface area contributed by atoms with Gasteiger partial charge in [0.15, 0.2) is 5.11 Å². The first-order chi connectivity index (χ1) is 12.0. The van der Waals surface area contributed by atoms with Crippen molar-refractivity contribution in [1.82, 2.24) is 10.9 Å². The van der Waals surface area contributed by atoms with Gasteiger partial charge in [0, 0.05) is 16.8 Å². The zero-order chi connectivity index (χ0) is 18.2. The normalized spacial score (nSPS) is 10.7. The SMILES string of the molecule is CC(C)c1ccc(NC(=S)NNC(=O)/C=C/c2ccccc2Cl)cc1. The fraction of sp³-hybridized carbons (Fsp3) is 0.158. The monoisotopic (exact) mass is 373 g/mol. The molecule has 1 amide bonds. The molecular weight excluding hydrogens is 354 g/mol. The molecule has 0 aliphatic rings. The number of rotatable bonds is 4. The highest BCUT2D eigenvalue weighted by atomic mass is 35.5. The van der Waals surface area contributed by atoms with Crippen molar-refractivity contribution < 1.29 is 4.79 Å². The molecule has 0 aromatic heterocycles. The van der Waals surface area contributed by atoms with Crippen molar-refractivity contribution in [3.63, 3.8) is 0 Å². The molecule has 0 heterocycles. The molecule has 0 radical (unpaired) electrons. The minimum atomic E-state index is -0.334. The Morgan fingerprint density at radius 2 is 1.76 bits per heavy atom. The van der Waals surface area contributed by atoms with Crippen molar-refractivity contribution in [2.75, 3.05) is 5.32 Å². The van der Waals surface area contributed by atoms with Gasteiger partial charge < -0.3 is 5.32 Å². The van der Waals surface area contributed by atoms with E-state index in [0.717, 1.165) is 11.3 Å². The Morgan fingerprint density at radius 1 is 1.08 bits per heavy atom. The van der Waals surface area contributed by atoms with Gasteiger partial charge in [-0.05, 0) is 53.5 Å². The van der Waals surface area contributed by atoms with Gasteiger partial charge in [-0.1, -0.05) is 55.8 Å². The summed E-state index contributed by atoms with van der Waals surface area (Å²) in [6.45, 7) is 4.28. The summed E-state index contributed by atoms with van der Waals surface area (Å²) >= 11 is 11.2. The lowest BCUT2D eigenvalue weighted by molar-refractivity contribution is -0.116. The number of hydrogen-bond acceptors (Lipinski definition) is 2. The number of thiocarbonyl (C=S) groups is 1. The molecule has 0 saturated carbocycles. The average Bonchev–Trinajstić information content (AvgIpc) is 2.59. The van der Waals surface area contributed by atoms with Crippen LogP contribution < -0.4 is 16.2 Å². The van der Waals surface area contributed by atoms with Crippen molar-refractivity contribution in [2.45, 2.75) is 19.8 Å². The van der Waals surface area contributed by atoms with Gasteiger partial charge in [0.1, 0.15) is 0 Å². The maximum absolute atomic E-state index is 11.8. The standard InChI is InChI=1S/C19H20ClN3OS/c1-13(2)14-7-10-16(11-8-14)21-19(25)23-22-18(24)12-9-15-5-3-4-6-17(15)20/h3-13H,1-2H3,(H,22,24)(H2,21,23,25)/b12-9+. The molecule has 0 spiro atoms. The highest BCUT2D eigenvalue weighted by molar-refractivity contribution is 7.80. The molecule has 0 fully saturated rings. The second-order valence-electron chi connectivity index (χ2n) is 5.70. The summed E-state index contributed by atoms with van der Waals surface area (Å²) in [4.78, 5) is 11.8. The van der Waals surface area contributed by atoms with Crippen LogP contribution in [0.25, 0.3) is 6.08 Å². The van der Waals surface area contributed by atoms with Crippen molar-refractivity contribution in [3.8, 4) is 0 Å². The fourth-order valence-corrected chi connectivity index (χ4v) is 2.42. The molecule has 2 rings (SSSR count). The lowest BCUT2D eigenvalue weighted by Crippen LogP contribution is -2.43. The molecule has 0 bridgehead atoms. The molecule has 0 aliphatic carbocycles. The van der Waals surface area contributed by atoms with Gasteiger partial charge in [-0.25, -0.2) is 0 Å². The zero-order valence-corrected chi connectivity index (χ0v) is 15.6. The maximum Gasteiger partial charge on any atom is 0.262 e. The van der Waals surface area contributed by atoms with E-state index in [1.165, 1.54) is 11.6 Å². The van der Waals surface area contributed by atoms with Crippen LogP contribution in [0.5, 0.6) is 0 Å². The van der Waals surface area contributed by atoms with Crippen molar-refractivity contribution in [3.05, 3.63) is 70.8 Å². The third kappa shape index (κ3) is 6.21. The Balaban J connectivity index is 1.81. The molecule has 0 atom stereocenters. The number of anilines is 1. The molecule has 130 valence electrons. The van der Waals surface area contributed by atoms with E-state index in [9.17, 15) is 4.79 Å². The zero-order valence-electron chi connectivity index (χ0n) is 14.0. The van der Waals surface area contributed by atoms with Gasteiger partial charge in [0.25, 0.3) is 5.91 Å². The number of nitrogens with one attached hydrogen (secondary N) is 3. The van der Waals surface area contributed by atoms with Gasteiger partial charge >= 0.3 is 0 Å². The third-order valence-electron chi connectivity index (χ3n) is 3.45. The van der Waals surface area contributed by atoms with Gasteiger partial charge in [-0.15, -0.1) is 0 Å². The molecule has 3 N–H and O–H groups in total. The number of benzene rings is 2. The van der Waals surface area contributed by atoms with Crippen LogP contribution in [-0.4, -0.2) is 11.0 Å². The number of carbonyl (C=O) groups is 1. The Labute approximate surface area is 158 Å². The van der Waals surface area contributed by atoms with Crippen LogP contribution >= 0.6 is 23.8 Å². The first-order valence-electron chi connectivity index (χ1n) is 7.85. The van der Waals surface area contributed by atoms with Crippen LogP contribution in [0, 0.1) is 0 Å². The number of hydrogen-bond donors (Lipinski definition) is 3. The Morgan fingerprint density at radius 3 is 2.40 bits per heavy atom. The summed E-state index contributed by atoms with van der Waals surface area (Å²) in [5, 5.41) is 3.89. The predicted octanol–water partition coefficient (Wildman–Crippen LogP) is 4.49. The van der Waals surface area contributed by atoms with Gasteiger partial charge in [0.05, 0.1) is 0 Å². The summed E-state index contributed by atoms with van der Waals surface area (Å²) in [6.07, 6.45) is 3.02. The Kier molecular flexibility index (Phi) is 6.98. The first kappa shape index (κ1) is 19.0. The first-order valence-corrected chi connectivity index (χ1v) is 8.64. The number of carbonyl (C=O) groups excluding carboxylic acids is 1. The maximum atomic E-state index is 11.8. The molecule has 0 aliphatic heterocycles. The van der Waals surface area contributed by atoms with E-state index in [1.807, 2.05) is 42.5 Å². The van der Waals surface area contributed by atoms with Crippen LogP contribution in [0.1, 0.15) is 30.9 Å². The lowest BCUT2D eigenvalue weighted by Gasteiger charge is -2.12. The topological polar surface area (TPSA) is 53.2 Å². The fourth-order valence-electron chi connectivity index (χ4n) is 2.05. The van der Waals surface area contributed by atoms with E-state index < -0.39 is 0 Å². The molecule has 6 heteroatoms. The average molecular weight is 374 g/mol. The van der Waals surface area contributed by atoms with Crippen LogP contribution in [0.2, 0.25) is 5.02 Å². The molecule has 2 aromatic carbocycles. The Bertz CT molecular complexity index is 772. The number of halogens is 1. The van der Waals surface area contributed by atoms with Crippen LogP contribution in [0.3, 0.4) is 0 Å². The van der Waals surface area contributed by atoms with Crippen molar-refractivity contribution >= 4 is 46.6 Å². The van der Waals surface area contributed by atoms with E-state index in [2.05, 4.69) is 30.0 Å². The van der Waals surface area contributed by atoms with Crippen molar-refractivity contribution in [2.24, 2.45) is 0 Å². The second-order valence-corrected chi connectivity index (χ2v) is 6.52. The molecule has 0 saturated heterocycles. The second kappa shape index (κ2) is 9.20. The number of amides is 1. The highest BCUT2D eigenvalue weighted by Gasteiger charge is 2.02. The van der Waals surface area contributed by atoms with Crippen LogP contribution in [0.15, 0.2) is 54.6 Å². The quantitative estimate of drug-likeness (QED) is 0.419. The summed E-state index contributed by atoms with van der Waals surface area (Å²) in [5.74, 6) is 0.141. The van der Waals surface area contributed by atoms with Gasteiger partial charge in [-0.2, -0.15) is 0 Å². The summed E-state index contributed by atoms with van der Waals surface area (Å²) in [5.41, 5.74) is 8.03. The minimum absolute atomic E-state index is 0.303. The van der Waals surface area contributed by atoms with Crippen LogP contribution in [-0.2, 0) is 4.79 Å². The molecule has 2 aromatic rings. The Hall–Kier alpha value is -2.37. The molecule has 25 heavy (non-hydrogen) atoms. The van der Waals surface area contributed by atoms with E-state index >= 15 is 0 Å². The van der Waals surface area contributed by atoms with Gasteiger partial charge in [-0.3, -0.25) is 15.6 Å². The summed E-state index contributed by atoms with van der Waals surface area (Å²) < 4.78 is 0. The largest absolute Gasteiger partial charge is 0.331 e. The summed E-state index contributed by atoms with van der Waals surface area (Å²) in [7, 11) is 0. The molecule has 0 unspecified atom stereocenters. The smallest absolute Gasteiger partial charge is 0.262 e. The predicted molar refractivity (Wildman–Crippen MR) is 109 cm³/mol. The lowest BCUT2D eigenvalue weighted by atomic mass is 10.0. The highest BCUT2D eigenvalue weighted by Crippen LogP contribution is 2.17. The molecular formula is C19H20ClN3OS. The van der Waals surface area contributed by atoms with Crippen LogP contribution in [0.4, 0.5) is 5.69 Å². The van der Waals surface area contributed by atoms with E-state index in [0.29, 0.717) is 16.1 Å². The van der Waals surface area contributed by atoms with E-state index in [1.54, 1.807) is 12.1 Å². The number of hydrazine groups is 1. The van der Waals surface area contributed by atoms with E-state index in [-0.39, 0.29) is 5.91 Å². The summed E-state index contributed by atoms with van der Waals surface area (Å²) in [6, 6.07) is 15.3. The van der Waals surface area contributed by atoms with E-state index in [4.69, 9.17) is 23.8 Å². The molecule has 4 nitrogen and oxygen atoms in total. The third-order valence-corrected chi connectivity index (χ3v) is 4.00. The van der Waals surface area contributed by atoms with Crippen molar-refractivity contribution in [1.29, 1.82) is 0 Å². The van der Waals surface area contributed by atoms with Gasteiger partial charge in [0.2, 0.25) is 0 Å². The minimum Gasteiger partial charge on any atom is -0.331 e.